The Hall–Kier alpha value is -3.11. The van der Waals surface area contributed by atoms with Gasteiger partial charge in [0.25, 0.3) is 0 Å². The Labute approximate surface area is 170 Å². The highest BCUT2D eigenvalue weighted by atomic mass is 32.2. The number of nitrogens with two attached hydrogens (primary N) is 1. The molecule has 0 aliphatic rings. The van der Waals surface area contributed by atoms with Crippen LogP contribution in [0.2, 0.25) is 0 Å². The van der Waals surface area contributed by atoms with E-state index in [1.807, 2.05) is 29.8 Å². The third kappa shape index (κ3) is 3.48. The third-order valence-corrected chi connectivity index (χ3v) is 5.77. The predicted octanol–water partition coefficient (Wildman–Crippen LogP) is 4.18. The largest absolute Gasteiger partial charge is 0.435 e. The molecule has 0 bridgehead atoms. The van der Waals surface area contributed by atoms with Gasteiger partial charge in [-0.1, -0.05) is 18.2 Å². The summed E-state index contributed by atoms with van der Waals surface area (Å²) in [7, 11) is -4.19. The Bertz CT molecular complexity index is 1350. The number of benzene rings is 2. The molecule has 0 aliphatic heterocycles. The second-order valence-corrected chi connectivity index (χ2v) is 8.24. The molecule has 10 heteroatoms. The van der Waals surface area contributed by atoms with Gasteiger partial charge in [-0.15, -0.1) is 0 Å². The standard InChI is InChI=1S/C20H17F3N4O2S/c1-2-26-10-9-14-11-13(7-8-15(14)26)17-12-19(20(21,22)23)25-27(17)16-5-3-4-6-18(16)30(24,28)29/h3-12H,2H2,1H3,(H2,24,28,29). The summed E-state index contributed by atoms with van der Waals surface area (Å²) < 4.78 is 67.3. The van der Waals surface area contributed by atoms with Gasteiger partial charge in [-0.3, -0.25) is 0 Å². The molecule has 156 valence electrons. The van der Waals surface area contributed by atoms with Crippen molar-refractivity contribution in [1.29, 1.82) is 0 Å². The fourth-order valence-electron chi connectivity index (χ4n) is 3.42. The number of sulfonamides is 1. The summed E-state index contributed by atoms with van der Waals surface area (Å²) in [4.78, 5) is -0.318. The van der Waals surface area contributed by atoms with Crippen molar-refractivity contribution in [2.75, 3.05) is 0 Å². The highest BCUT2D eigenvalue weighted by Gasteiger charge is 2.36. The molecule has 2 heterocycles. The van der Waals surface area contributed by atoms with E-state index in [4.69, 9.17) is 5.14 Å². The van der Waals surface area contributed by atoms with Crippen LogP contribution in [0.5, 0.6) is 0 Å². The Morgan fingerprint density at radius 2 is 1.80 bits per heavy atom. The second-order valence-electron chi connectivity index (χ2n) is 6.71. The molecule has 0 fully saturated rings. The predicted molar refractivity (Wildman–Crippen MR) is 107 cm³/mol. The van der Waals surface area contributed by atoms with E-state index >= 15 is 0 Å². The molecule has 2 aromatic heterocycles. The number of nitrogens with zero attached hydrogens (tertiary/aromatic N) is 3. The maximum atomic E-state index is 13.4. The molecular weight excluding hydrogens is 417 g/mol. The minimum atomic E-state index is -4.70. The van der Waals surface area contributed by atoms with E-state index in [1.165, 1.54) is 24.3 Å². The van der Waals surface area contributed by atoms with E-state index in [9.17, 15) is 21.6 Å². The molecule has 0 aliphatic carbocycles. The maximum Gasteiger partial charge on any atom is 0.435 e. The summed E-state index contributed by atoms with van der Waals surface area (Å²) in [6.07, 6.45) is -2.81. The van der Waals surface area contributed by atoms with Crippen molar-refractivity contribution in [2.45, 2.75) is 24.5 Å². The number of rotatable bonds is 4. The zero-order chi connectivity index (χ0) is 21.7. The van der Waals surface area contributed by atoms with Crippen molar-refractivity contribution in [1.82, 2.24) is 14.3 Å². The molecule has 0 atom stereocenters. The topological polar surface area (TPSA) is 82.9 Å². The van der Waals surface area contributed by atoms with Crippen molar-refractivity contribution in [3.8, 4) is 16.9 Å². The lowest BCUT2D eigenvalue weighted by atomic mass is 10.1. The van der Waals surface area contributed by atoms with E-state index in [0.29, 0.717) is 5.56 Å². The zero-order valence-corrected chi connectivity index (χ0v) is 16.6. The van der Waals surface area contributed by atoms with E-state index in [2.05, 4.69) is 5.10 Å². The third-order valence-electron chi connectivity index (χ3n) is 4.81. The fourth-order valence-corrected chi connectivity index (χ4v) is 4.13. The first kappa shape index (κ1) is 20.2. The second kappa shape index (κ2) is 6.99. The fraction of sp³-hybridized carbons (Fsp3) is 0.150. The van der Waals surface area contributed by atoms with Gasteiger partial charge >= 0.3 is 6.18 Å². The highest BCUT2D eigenvalue weighted by Crippen LogP contribution is 2.35. The van der Waals surface area contributed by atoms with Gasteiger partial charge in [0, 0.05) is 29.2 Å². The molecule has 4 aromatic rings. The van der Waals surface area contributed by atoms with E-state index < -0.39 is 21.9 Å². The zero-order valence-electron chi connectivity index (χ0n) is 15.8. The first-order valence-corrected chi connectivity index (χ1v) is 10.5. The van der Waals surface area contributed by atoms with Crippen LogP contribution < -0.4 is 5.14 Å². The molecule has 0 unspecified atom stereocenters. The molecule has 0 spiro atoms. The van der Waals surface area contributed by atoms with Gasteiger partial charge in [-0.25, -0.2) is 18.2 Å². The maximum absolute atomic E-state index is 13.4. The van der Waals surface area contributed by atoms with E-state index in [0.717, 1.165) is 28.2 Å². The summed E-state index contributed by atoms with van der Waals surface area (Å²) in [5.74, 6) is 0. The normalized spacial score (nSPS) is 12.6. The summed E-state index contributed by atoms with van der Waals surface area (Å²) in [6.45, 7) is 2.74. The summed E-state index contributed by atoms with van der Waals surface area (Å²) in [5, 5.41) is 9.79. The van der Waals surface area contributed by atoms with Crippen LogP contribution in [0.4, 0.5) is 13.2 Å². The molecule has 2 aromatic carbocycles. The number of halogens is 3. The van der Waals surface area contributed by atoms with Crippen molar-refractivity contribution < 1.29 is 21.6 Å². The number of hydrogen-bond acceptors (Lipinski definition) is 3. The summed E-state index contributed by atoms with van der Waals surface area (Å²) in [6, 6.07) is 13.5. The minimum Gasteiger partial charge on any atom is -0.348 e. The summed E-state index contributed by atoms with van der Waals surface area (Å²) >= 11 is 0. The molecule has 0 amide bonds. The van der Waals surface area contributed by atoms with Gasteiger partial charge in [0.05, 0.1) is 11.4 Å². The first-order valence-electron chi connectivity index (χ1n) is 8.98. The molecule has 0 saturated carbocycles. The Morgan fingerprint density at radius 1 is 1.07 bits per heavy atom. The lowest BCUT2D eigenvalue weighted by molar-refractivity contribution is -0.141. The number of aryl methyl sites for hydroxylation is 1. The molecule has 4 rings (SSSR count). The molecule has 30 heavy (non-hydrogen) atoms. The van der Waals surface area contributed by atoms with Crippen LogP contribution in [0.25, 0.3) is 27.8 Å². The summed E-state index contributed by atoms with van der Waals surface area (Å²) in [5.41, 5.74) is 0.311. The number of hydrogen-bond donors (Lipinski definition) is 1. The SMILES string of the molecule is CCn1ccc2cc(-c3cc(C(F)(F)F)nn3-c3ccccc3S(N)(=O)=O)ccc21. The molecular formula is C20H17F3N4O2S. The highest BCUT2D eigenvalue weighted by molar-refractivity contribution is 7.89. The van der Waals surface area contributed by atoms with Gasteiger partial charge < -0.3 is 4.57 Å². The van der Waals surface area contributed by atoms with E-state index in [-0.39, 0.29) is 16.3 Å². The average Bonchev–Trinajstić information content (AvgIpc) is 3.31. The van der Waals surface area contributed by atoms with Crippen LogP contribution >= 0.6 is 0 Å². The number of fused-ring (bicyclic) bond motifs is 1. The Balaban J connectivity index is 1.99. The minimum absolute atomic E-state index is 0.0586. The van der Waals surface area contributed by atoms with Crippen LogP contribution in [-0.2, 0) is 22.7 Å². The number of para-hydroxylation sites is 1. The van der Waals surface area contributed by atoms with Crippen molar-refractivity contribution in [3.63, 3.8) is 0 Å². The molecule has 6 nitrogen and oxygen atoms in total. The van der Waals surface area contributed by atoms with Crippen molar-refractivity contribution >= 4 is 20.9 Å². The van der Waals surface area contributed by atoms with Crippen LogP contribution in [0, 0.1) is 0 Å². The van der Waals surface area contributed by atoms with Crippen LogP contribution in [0.1, 0.15) is 12.6 Å². The Morgan fingerprint density at radius 3 is 2.47 bits per heavy atom. The molecule has 2 N–H and O–H groups in total. The quantitative estimate of drug-likeness (QED) is 0.523. The molecule has 0 saturated heterocycles. The van der Waals surface area contributed by atoms with Gasteiger partial charge in [0.1, 0.15) is 4.90 Å². The van der Waals surface area contributed by atoms with Crippen molar-refractivity contribution in [3.05, 3.63) is 66.5 Å². The van der Waals surface area contributed by atoms with Crippen molar-refractivity contribution in [2.24, 2.45) is 5.14 Å². The van der Waals surface area contributed by atoms with E-state index in [1.54, 1.807) is 12.1 Å². The number of primary sulfonamides is 1. The molecule has 0 radical (unpaired) electrons. The van der Waals surface area contributed by atoms with Crippen LogP contribution in [-0.4, -0.2) is 22.8 Å². The lowest BCUT2D eigenvalue weighted by Gasteiger charge is -2.12. The van der Waals surface area contributed by atoms with Gasteiger partial charge in [-0.2, -0.15) is 18.3 Å². The first-order chi connectivity index (χ1) is 14.1. The average molecular weight is 434 g/mol. The smallest absolute Gasteiger partial charge is 0.348 e. The lowest BCUT2D eigenvalue weighted by Crippen LogP contribution is -2.16. The Kier molecular flexibility index (Phi) is 4.70. The number of alkyl halides is 3. The monoisotopic (exact) mass is 434 g/mol. The van der Waals surface area contributed by atoms with Crippen LogP contribution in [0.15, 0.2) is 65.7 Å². The van der Waals surface area contributed by atoms with Gasteiger partial charge in [0.2, 0.25) is 10.0 Å². The number of aromatic nitrogens is 3. The van der Waals surface area contributed by atoms with Gasteiger partial charge in [0.15, 0.2) is 5.69 Å². The van der Waals surface area contributed by atoms with Crippen LogP contribution in [0.3, 0.4) is 0 Å². The van der Waals surface area contributed by atoms with Gasteiger partial charge in [-0.05, 0) is 43.3 Å².